The number of carbonyl (C=O) groups excluding carboxylic acids is 2. The maximum absolute atomic E-state index is 11.8. The average molecular weight is 304 g/mol. The summed E-state index contributed by atoms with van der Waals surface area (Å²) in [6, 6.07) is 7.38. The van der Waals surface area contributed by atoms with Gasteiger partial charge in [-0.05, 0) is 24.1 Å². The highest BCUT2D eigenvalue weighted by molar-refractivity contribution is 5.88. The third kappa shape index (κ3) is 8.45. The van der Waals surface area contributed by atoms with Crippen molar-refractivity contribution in [2.75, 3.05) is 11.9 Å². The van der Waals surface area contributed by atoms with Crippen molar-refractivity contribution in [1.29, 1.82) is 0 Å². The first kappa shape index (κ1) is 18.2. The van der Waals surface area contributed by atoms with Gasteiger partial charge in [0.1, 0.15) is 0 Å². The SMILES string of the molecule is CCCCCCCCNC(=O)Cc1ccc(NC(C)=O)cc1. The third-order valence-electron chi connectivity index (χ3n) is 3.49. The molecule has 1 rings (SSSR count). The predicted octanol–water partition coefficient (Wildman–Crippen LogP) is 3.66. The Morgan fingerprint density at radius 3 is 2.23 bits per heavy atom. The van der Waals surface area contributed by atoms with Gasteiger partial charge >= 0.3 is 0 Å². The number of hydrogen-bond donors (Lipinski definition) is 2. The molecule has 0 aliphatic carbocycles. The summed E-state index contributed by atoms with van der Waals surface area (Å²) in [7, 11) is 0. The quantitative estimate of drug-likeness (QED) is 0.648. The number of unbranched alkanes of at least 4 members (excludes halogenated alkanes) is 5. The molecule has 4 nitrogen and oxygen atoms in total. The first-order valence-electron chi connectivity index (χ1n) is 8.25. The van der Waals surface area contributed by atoms with Gasteiger partial charge in [-0.3, -0.25) is 9.59 Å². The fourth-order valence-corrected chi connectivity index (χ4v) is 2.29. The van der Waals surface area contributed by atoms with Crippen LogP contribution in [-0.4, -0.2) is 18.4 Å². The minimum atomic E-state index is -0.0931. The lowest BCUT2D eigenvalue weighted by Gasteiger charge is -2.07. The van der Waals surface area contributed by atoms with Gasteiger partial charge in [0.05, 0.1) is 6.42 Å². The number of benzene rings is 1. The van der Waals surface area contributed by atoms with Crippen LogP contribution in [0.15, 0.2) is 24.3 Å². The summed E-state index contributed by atoms with van der Waals surface area (Å²) in [5.74, 6) is -0.0368. The van der Waals surface area contributed by atoms with Gasteiger partial charge in [0.25, 0.3) is 0 Å². The van der Waals surface area contributed by atoms with E-state index >= 15 is 0 Å². The van der Waals surface area contributed by atoms with Crippen molar-refractivity contribution >= 4 is 17.5 Å². The molecule has 122 valence electrons. The van der Waals surface area contributed by atoms with Crippen LogP contribution in [0.1, 0.15) is 57.9 Å². The van der Waals surface area contributed by atoms with Crippen molar-refractivity contribution < 1.29 is 9.59 Å². The van der Waals surface area contributed by atoms with Gasteiger partial charge in [0, 0.05) is 19.2 Å². The first-order valence-corrected chi connectivity index (χ1v) is 8.25. The summed E-state index contributed by atoms with van der Waals surface area (Å²) in [4.78, 5) is 22.8. The zero-order chi connectivity index (χ0) is 16.2. The number of amides is 2. The summed E-state index contributed by atoms with van der Waals surface area (Å²) in [5, 5.41) is 5.67. The van der Waals surface area contributed by atoms with Gasteiger partial charge in [-0.15, -0.1) is 0 Å². The van der Waals surface area contributed by atoms with Gasteiger partial charge in [-0.25, -0.2) is 0 Å². The van der Waals surface area contributed by atoms with E-state index in [9.17, 15) is 9.59 Å². The van der Waals surface area contributed by atoms with Gasteiger partial charge in [-0.2, -0.15) is 0 Å². The Hall–Kier alpha value is -1.84. The van der Waals surface area contributed by atoms with Gasteiger partial charge < -0.3 is 10.6 Å². The summed E-state index contributed by atoms with van der Waals surface area (Å²) in [6.45, 7) is 4.45. The summed E-state index contributed by atoms with van der Waals surface area (Å²) in [6.07, 6.45) is 7.75. The van der Waals surface area contributed by atoms with E-state index in [-0.39, 0.29) is 11.8 Å². The molecule has 0 atom stereocenters. The molecular weight excluding hydrogens is 276 g/mol. The highest BCUT2D eigenvalue weighted by atomic mass is 16.2. The fourth-order valence-electron chi connectivity index (χ4n) is 2.29. The maximum atomic E-state index is 11.8. The van der Waals surface area contributed by atoms with E-state index in [1.54, 1.807) is 0 Å². The molecule has 1 aromatic carbocycles. The molecule has 0 aliphatic heterocycles. The molecule has 0 fully saturated rings. The molecule has 0 spiro atoms. The monoisotopic (exact) mass is 304 g/mol. The van der Waals surface area contributed by atoms with E-state index in [0.29, 0.717) is 6.42 Å². The maximum Gasteiger partial charge on any atom is 0.224 e. The second-order valence-corrected chi connectivity index (χ2v) is 5.67. The lowest BCUT2D eigenvalue weighted by Crippen LogP contribution is -2.26. The minimum absolute atomic E-state index is 0.0563. The highest BCUT2D eigenvalue weighted by Gasteiger charge is 2.03. The molecule has 0 saturated heterocycles. The summed E-state index contributed by atoms with van der Waals surface area (Å²) >= 11 is 0. The van der Waals surface area contributed by atoms with Crippen LogP contribution in [0.25, 0.3) is 0 Å². The predicted molar refractivity (Wildman–Crippen MR) is 90.8 cm³/mol. The molecule has 2 N–H and O–H groups in total. The van der Waals surface area contributed by atoms with Crippen molar-refractivity contribution in [3.05, 3.63) is 29.8 Å². The van der Waals surface area contributed by atoms with E-state index in [1.165, 1.54) is 39.0 Å². The number of nitrogens with one attached hydrogen (secondary N) is 2. The number of rotatable bonds is 10. The molecule has 0 bridgehead atoms. The standard InChI is InChI=1S/C18H28N2O2/c1-3-4-5-6-7-8-13-19-18(22)14-16-9-11-17(12-10-16)20-15(2)21/h9-12H,3-8,13-14H2,1-2H3,(H,19,22)(H,20,21). The Labute approximate surface area is 133 Å². The Bertz CT molecular complexity index is 455. The lowest BCUT2D eigenvalue weighted by molar-refractivity contribution is -0.120. The van der Waals surface area contributed by atoms with E-state index in [0.717, 1.165) is 24.2 Å². The molecule has 0 heterocycles. The lowest BCUT2D eigenvalue weighted by atomic mass is 10.1. The van der Waals surface area contributed by atoms with Crippen molar-refractivity contribution in [1.82, 2.24) is 5.32 Å². The average Bonchev–Trinajstić information content (AvgIpc) is 2.48. The molecule has 0 aliphatic rings. The Morgan fingerprint density at radius 2 is 1.59 bits per heavy atom. The van der Waals surface area contributed by atoms with Crippen molar-refractivity contribution in [3.8, 4) is 0 Å². The van der Waals surface area contributed by atoms with Crippen molar-refractivity contribution in [2.24, 2.45) is 0 Å². The Morgan fingerprint density at radius 1 is 0.955 bits per heavy atom. The summed E-state index contributed by atoms with van der Waals surface area (Å²) < 4.78 is 0. The first-order chi connectivity index (χ1) is 10.6. The van der Waals surface area contributed by atoms with Crippen molar-refractivity contribution in [3.63, 3.8) is 0 Å². The van der Waals surface area contributed by atoms with Crippen LogP contribution in [0.5, 0.6) is 0 Å². The molecule has 0 saturated carbocycles. The van der Waals surface area contributed by atoms with Crippen LogP contribution < -0.4 is 10.6 Å². The third-order valence-corrected chi connectivity index (χ3v) is 3.49. The summed E-state index contributed by atoms with van der Waals surface area (Å²) in [5.41, 5.74) is 1.71. The Balaban J connectivity index is 2.17. The van der Waals surface area contributed by atoms with E-state index in [1.807, 2.05) is 24.3 Å². The van der Waals surface area contributed by atoms with E-state index in [4.69, 9.17) is 0 Å². The number of carbonyl (C=O) groups is 2. The second-order valence-electron chi connectivity index (χ2n) is 5.67. The van der Waals surface area contributed by atoms with Crippen LogP contribution in [0.2, 0.25) is 0 Å². The largest absolute Gasteiger partial charge is 0.356 e. The number of anilines is 1. The van der Waals surface area contributed by atoms with Crippen LogP contribution in [-0.2, 0) is 16.0 Å². The zero-order valence-corrected chi connectivity index (χ0v) is 13.8. The minimum Gasteiger partial charge on any atom is -0.356 e. The molecule has 0 aromatic heterocycles. The van der Waals surface area contributed by atoms with Crippen molar-refractivity contribution in [2.45, 2.75) is 58.8 Å². The fraction of sp³-hybridized carbons (Fsp3) is 0.556. The van der Waals surface area contributed by atoms with Crippen LogP contribution in [0, 0.1) is 0 Å². The molecule has 22 heavy (non-hydrogen) atoms. The Kier molecular flexibility index (Phi) is 8.96. The smallest absolute Gasteiger partial charge is 0.224 e. The van der Waals surface area contributed by atoms with E-state index < -0.39 is 0 Å². The highest BCUT2D eigenvalue weighted by Crippen LogP contribution is 2.10. The van der Waals surface area contributed by atoms with Crippen LogP contribution in [0.4, 0.5) is 5.69 Å². The normalized spacial score (nSPS) is 10.3. The van der Waals surface area contributed by atoms with Gasteiger partial charge in [0.15, 0.2) is 0 Å². The molecule has 0 radical (unpaired) electrons. The molecule has 4 heteroatoms. The van der Waals surface area contributed by atoms with Gasteiger partial charge in [0.2, 0.25) is 11.8 Å². The number of hydrogen-bond acceptors (Lipinski definition) is 2. The molecule has 1 aromatic rings. The zero-order valence-electron chi connectivity index (χ0n) is 13.8. The van der Waals surface area contributed by atoms with Crippen LogP contribution in [0.3, 0.4) is 0 Å². The molecule has 0 unspecified atom stereocenters. The van der Waals surface area contributed by atoms with Crippen LogP contribution >= 0.6 is 0 Å². The molecular formula is C18H28N2O2. The topological polar surface area (TPSA) is 58.2 Å². The van der Waals surface area contributed by atoms with Gasteiger partial charge in [-0.1, -0.05) is 51.2 Å². The molecule has 2 amide bonds. The second kappa shape index (κ2) is 10.8. The van der Waals surface area contributed by atoms with E-state index in [2.05, 4.69) is 17.6 Å².